The summed E-state index contributed by atoms with van der Waals surface area (Å²) in [6, 6.07) is 1.45. The lowest BCUT2D eigenvalue weighted by atomic mass is 10.3. The third kappa shape index (κ3) is 2.47. The Kier molecular flexibility index (Phi) is 2.60. The fourth-order valence-corrected chi connectivity index (χ4v) is 1.08. The molecule has 0 saturated carbocycles. The smallest absolute Gasteiger partial charge is 0.309 e. The maximum atomic E-state index is 10.3. The van der Waals surface area contributed by atoms with Gasteiger partial charge in [0, 0.05) is 0 Å². The Morgan fingerprint density at radius 1 is 1.67 bits per heavy atom. The summed E-state index contributed by atoms with van der Waals surface area (Å²) in [6.45, 7) is 1.66. The van der Waals surface area contributed by atoms with Gasteiger partial charge >= 0.3 is 5.97 Å². The first-order chi connectivity index (χ1) is 5.58. The van der Waals surface area contributed by atoms with Gasteiger partial charge in [-0.1, -0.05) is 11.6 Å². The van der Waals surface area contributed by atoms with Gasteiger partial charge in [-0.15, -0.1) is 0 Å². The van der Waals surface area contributed by atoms with E-state index in [4.69, 9.17) is 16.7 Å². The first-order valence-corrected chi connectivity index (χ1v) is 3.67. The summed E-state index contributed by atoms with van der Waals surface area (Å²) < 4.78 is 0. The van der Waals surface area contributed by atoms with Crippen LogP contribution in [-0.2, 0) is 11.2 Å². The maximum absolute atomic E-state index is 10.3. The number of hydrogen-bond acceptors (Lipinski definition) is 3. The summed E-state index contributed by atoms with van der Waals surface area (Å²) in [4.78, 5) is 18.0. The molecule has 1 heterocycles. The monoisotopic (exact) mass is 186 g/mol. The zero-order valence-corrected chi connectivity index (χ0v) is 7.17. The molecule has 0 fully saturated rings. The van der Waals surface area contributed by atoms with Gasteiger partial charge in [0.05, 0.1) is 12.1 Å². The van der Waals surface area contributed by atoms with Gasteiger partial charge in [-0.05, 0) is 13.0 Å². The van der Waals surface area contributed by atoms with Gasteiger partial charge in [0.1, 0.15) is 11.0 Å². The van der Waals surface area contributed by atoms with E-state index in [9.17, 15) is 4.79 Å². The molecule has 1 aromatic rings. The predicted octanol–water partition coefficient (Wildman–Crippen LogP) is 1.07. The minimum Gasteiger partial charge on any atom is -0.481 e. The molecule has 1 rings (SSSR count). The molecule has 12 heavy (non-hydrogen) atoms. The van der Waals surface area contributed by atoms with Crippen molar-refractivity contribution >= 4 is 17.6 Å². The zero-order chi connectivity index (χ0) is 9.14. The van der Waals surface area contributed by atoms with E-state index in [-0.39, 0.29) is 11.6 Å². The van der Waals surface area contributed by atoms with Crippen molar-refractivity contribution in [3.8, 4) is 0 Å². The van der Waals surface area contributed by atoms with Crippen molar-refractivity contribution in [2.45, 2.75) is 13.3 Å². The summed E-state index contributed by atoms with van der Waals surface area (Å²) in [5.74, 6) is -0.442. The Morgan fingerprint density at radius 2 is 2.33 bits per heavy atom. The second kappa shape index (κ2) is 3.49. The van der Waals surface area contributed by atoms with Crippen LogP contribution >= 0.6 is 11.6 Å². The van der Waals surface area contributed by atoms with Crippen LogP contribution in [0.5, 0.6) is 0 Å². The lowest BCUT2D eigenvalue weighted by Gasteiger charge is -1.98. The maximum Gasteiger partial charge on any atom is 0.309 e. The van der Waals surface area contributed by atoms with E-state index in [0.29, 0.717) is 11.5 Å². The molecule has 0 aliphatic carbocycles. The summed E-state index contributed by atoms with van der Waals surface area (Å²) in [7, 11) is 0. The minimum atomic E-state index is -0.927. The number of aromatic nitrogens is 2. The molecule has 4 nitrogen and oxygen atoms in total. The lowest BCUT2D eigenvalue weighted by Crippen LogP contribution is -2.04. The second-order valence-electron chi connectivity index (χ2n) is 2.30. The molecule has 0 aliphatic rings. The van der Waals surface area contributed by atoms with E-state index < -0.39 is 5.97 Å². The fraction of sp³-hybridized carbons (Fsp3) is 0.286. The molecule has 0 radical (unpaired) electrons. The Labute approximate surface area is 74.2 Å². The quantitative estimate of drug-likeness (QED) is 0.702. The number of carbonyl (C=O) groups is 1. The van der Waals surface area contributed by atoms with Crippen LogP contribution in [0.1, 0.15) is 11.5 Å². The highest BCUT2D eigenvalue weighted by Crippen LogP contribution is 2.07. The highest BCUT2D eigenvalue weighted by Gasteiger charge is 2.04. The van der Waals surface area contributed by atoms with E-state index in [0.717, 1.165) is 0 Å². The first-order valence-electron chi connectivity index (χ1n) is 3.30. The highest BCUT2D eigenvalue weighted by atomic mass is 35.5. The van der Waals surface area contributed by atoms with Gasteiger partial charge in [-0.3, -0.25) is 4.79 Å². The molecule has 5 heteroatoms. The summed E-state index contributed by atoms with van der Waals surface area (Å²) in [5.41, 5.74) is 0.431. The summed E-state index contributed by atoms with van der Waals surface area (Å²) in [5, 5.41) is 8.72. The molecular formula is C7H7ClN2O2. The largest absolute Gasteiger partial charge is 0.481 e. The standard InChI is InChI=1S/C7H7ClN2O2/c1-4-9-5(3-7(11)12)2-6(8)10-4/h2H,3H2,1H3,(H,11,12). The van der Waals surface area contributed by atoms with Gasteiger partial charge in [0.25, 0.3) is 0 Å². The number of halogens is 1. The van der Waals surface area contributed by atoms with Crippen LogP contribution in [0, 0.1) is 6.92 Å². The Bertz CT molecular complexity index is 294. The van der Waals surface area contributed by atoms with Crippen LogP contribution in [-0.4, -0.2) is 21.0 Å². The van der Waals surface area contributed by atoms with Gasteiger partial charge in [0.2, 0.25) is 0 Å². The number of carboxylic acid groups (broad SMARTS) is 1. The highest BCUT2D eigenvalue weighted by molar-refractivity contribution is 6.29. The van der Waals surface area contributed by atoms with E-state index >= 15 is 0 Å². The van der Waals surface area contributed by atoms with Crippen LogP contribution in [0.2, 0.25) is 5.15 Å². The van der Waals surface area contributed by atoms with Crippen LogP contribution in [0.15, 0.2) is 6.07 Å². The Hall–Kier alpha value is -1.16. The predicted molar refractivity (Wildman–Crippen MR) is 43.1 cm³/mol. The molecule has 0 amide bonds. The molecule has 0 aliphatic heterocycles. The number of nitrogens with zero attached hydrogens (tertiary/aromatic N) is 2. The number of carboxylic acids is 1. The summed E-state index contributed by atoms with van der Waals surface area (Å²) in [6.07, 6.45) is -0.122. The van der Waals surface area contributed by atoms with Crippen LogP contribution < -0.4 is 0 Å². The molecule has 0 unspecified atom stereocenters. The molecule has 0 spiro atoms. The van der Waals surface area contributed by atoms with Crippen molar-refractivity contribution in [3.63, 3.8) is 0 Å². The van der Waals surface area contributed by atoms with Crippen molar-refractivity contribution in [2.24, 2.45) is 0 Å². The van der Waals surface area contributed by atoms with Crippen molar-refractivity contribution < 1.29 is 9.90 Å². The third-order valence-electron chi connectivity index (χ3n) is 1.19. The first kappa shape index (κ1) is 8.93. The number of aryl methyl sites for hydroxylation is 1. The number of rotatable bonds is 2. The number of hydrogen-bond donors (Lipinski definition) is 1. The van der Waals surface area contributed by atoms with Crippen molar-refractivity contribution in [1.82, 2.24) is 9.97 Å². The SMILES string of the molecule is Cc1nc(Cl)cc(CC(=O)O)n1. The minimum absolute atomic E-state index is 0.122. The average molecular weight is 187 g/mol. The van der Waals surface area contributed by atoms with Gasteiger partial charge in [-0.25, -0.2) is 9.97 Å². The Morgan fingerprint density at radius 3 is 2.83 bits per heavy atom. The number of aliphatic carboxylic acids is 1. The molecule has 1 aromatic heterocycles. The molecule has 1 N–H and O–H groups in total. The second-order valence-corrected chi connectivity index (χ2v) is 2.69. The van der Waals surface area contributed by atoms with E-state index in [1.165, 1.54) is 6.07 Å². The molecule has 0 bridgehead atoms. The molecular weight excluding hydrogens is 180 g/mol. The van der Waals surface area contributed by atoms with Crippen molar-refractivity contribution in [1.29, 1.82) is 0 Å². The van der Waals surface area contributed by atoms with Crippen molar-refractivity contribution in [2.75, 3.05) is 0 Å². The van der Waals surface area contributed by atoms with Gasteiger partial charge in [0.15, 0.2) is 0 Å². The topological polar surface area (TPSA) is 63.1 Å². The van der Waals surface area contributed by atoms with E-state index in [2.05, 4.69) is 9.97 Å². The van der Waals surface area contributed by atoms with Crippen molar-refractivity contribution in [3.05, 3.63) is 22.7 Å². The molecule has 0 aromatic carbocycles. The fourth-order valence-electron chi connectivity index (χ4n) is 0.835. The summed E-state index contributed by atoms with van der Waals surface area (Å²) >= 11 is 5.59. The van der Waals surface area contributed by atoms with E-state index in [1.807, 2.05) is 0 Å². The Balaban J connectivity index is 2.93. The van der Waals surface area contributed by atoms with E-state index in [1.54, 1.807) is 6.92 Å². The van der Waals surface area contributed by atoms with Crippen LogP contribution in [0.4, 0.5) is 0 Å². The third-order valence-corrected chi connectivity index (χ3v) is 1.39. The lowest BCUT2D eigenvalue weighted by molar-refractivity contribution is -0.136. The zero-order valence-electron chi connectivity index (χ0n) is 6.41. The van der Waals surface area contributed by atoms with Gasteiger partial charge in [-0.2, -0.15) is 0 Å². The molecule has 0 saturated heterocycles. The normalized spacial score (nSPS) is 9.83. The average Bonchev–Trinajstić information content (AvgIpc) is 1.81. The van der Waals surface area contributed by atoms with Gasteiger partial charge < -0.3 is 5.11 Å². The van der Waals surface area contributed by atoms with Crippen LogP contribution in [0.3, 0.4) is 0 Å². The molecule has 64 valence electrons. The van der Waals surface area contributed by atoms with Crippen LogP contribution in [0.25, 0.3) is 0 Å². The molecule has 0 atom stereocenters.